The van der Waals surface area contributed by atoms with Gasteiger partial charge in [0.1, 0.15) is 0 Å². The fraction of sp³-hybridized carbons (Fsp3) is 0.188. The van der Waals surface area contributed by atoms with Crippen molar-refractivity contribution in [1.82, 2.24) is 0 Å². The van der Waals surface area contributed by atoms with Crippen LogP contribution in [0.25, 0.3) is 0 Å². The maximum absolute atomic E-state index is 12.4. The summed E-state index contributed by atoms with van der Waals surface area (Å²) in [5.74, 6) is -0.329. The SMILES string of the molecule is Cc1cc(C)c(NC(=O)c2cc(N)cc(Cl)c2Cl)c(C)c1. The van der Waals surface area contributed by atoms with Crippen LogP contribution in [-0.4, -0.2) is 5.91 Å². The second kappa shape index (κ2) is 5.96. The van der Waals surface area contributed by atoms with Gasteiger partial charge in [0.2, 0.25) is 0 Å². The second-order valence-electron chi connectivity index (χ2n) is 5.09. The van der Waals surface area contributed by atoms with E-state index in [4.69, 9.17) is 28.9 Å². The van der Waals surface area contributed by atoms with E-state index >= 15 is 0 Å². The number of halogens is 2. The summed E-state index contributed by atoms with van der Waals surface area (Å²) in [7, 11) is 0. The molecule has 2 aromatic rings. The Balaban J connectivity index is 2.40. The highest BCUT2D eigenvalue weighted by atomic mass is 35.5. The number of carbonyl (C=O) groups is 1. The van der Waals surface area contributed by atoms with Gasteiger partial charge in [-0.05, 0) is 44.0 Å². The first-order valence-corrected chi connectivity index (χ1v) is 7.19. The summed E-state index contributed by atoms with van der Waals surface area (Å²) in [4.78, 5) is 12.4. The van der Waals surface area contributed by atoms with Crippen LogP contribution >= 0.6 is 23.2 Å². The monoisotopic (exact) mass is 322 g/mol. The summed E-state index contributed by atoms with van der Waals surface area (Å²) in [6.45, 7) is 5.91. The minimum atomic E-state index is -0.329. The van der Waals surface area contributed by atoms with Crippen LogP contribution in [-0.2, 0) is 0 Å². The van der Waals surface area contributed by atoms with E-state index in [2.05, 4.69) is 5.32 Å². The molecule has 0 saturated carbocycles. The van der Waals surface area contributed by atoms with E-state index in [1.54, 1.807) is 0 Å². The molecule has 0 fully saturated rings. The van der Waals surface area contributed by atoms with Crippen LogP contribution < -0.4 is 11.1 Å². The van der Waals surface area contributed by atoms with Gasteiger partial charge in [-0.1, -0.05) is 40.9 Å². The Bertz CT molecular complexity index is 703. The lowest BCUT2D eigenvalue weighted by Crippen LogP contribution is -2.15. The zero-order valence-electron chi connectivity index (χ0n) is 12.1. The molecule has 0 atom stereocenters. The predicted molar refractivity (Wildman–Crippen MR) is 89.5 cm³/mol. The molecule has 5 heteroatoms. The highest BCUT2D eigenvalue weighted by molar-refractivity contribution is 6.44. The molecule has 1 amide bonds. The summed E-state index contributed by atoms with van der Waals surface area (Å²) in [6, 6.07) is 7.05. The number of amides is 1. The molecule has 0 radical (unpaired) electrons. The molecule has 2 aromatic carbocycles. The molecule has 21 heavy (non-hydrogen) atoms. The van der Waals surface area contributed by atoms with E-state index in [-0.39, 0.29) is 21.5 Å². The lowest BCUT2D eigenvalue weighted by molar-refractivity contribution is 0.102. The maximum Gasteiger partial charge on any atom is 0.257 e. The lowest BCUT2D eigenvalue weighted by Gasteiger charge is -2.14. The van der Waals surface area contributed by atoms with E-state index in [9.17, 15) is 4.79 Å². The zero-order valence-corrected chi connectivity index (χ0v) is 13.6. The third kappa shape index (κ3) is 3.31. The molecule has 0 aromatic heterocycles. The molecule has 0 unspecified atom stereocenters. The zero-order chi connectivity index (χ0) is 15.7. The lowest BCUT2D eigenvalue weighted by atomic mass is 10.0. The van der Waals surface area contributed by atoms with Crippen LogP contribution in [0, 0.1) is 20.8 Å². The van der Waals surface area contributed by atoms with E-state index in [0.29, 0.717) is 5.69 Å². The molecule has 0 aliphatic heterocycles. The number of nitrogens with two attached hydrogens (primary N) is 1. The van der Waals surface area contributed by atoms with E-state index in [1.165, 1.54) is 12.1 Å². The molecule has 0 aliphatic carbocycles. The third-order valence-electron chi connectivity index (χ3n) is 3.21. The first-order valence-electron chi connectivity index (χ1n) is 6.43. The van der Waals surface area contributed by atoms with Crippen LogP contribution in [0.4, 0.5) is 11.4 Å². The van der Waals surface area contributed by atoms with Crippen molar-refractivity contribution in [2.75, 3.05) is 11.1 Å². The number of nitrogen functional groups attached to an aromatic ring is 1. The van der Waals surface area contributed by atoms with Crippen molar-refractivity contribution in [1.29, 1.82) is 0 Å². The van der Waals surface area contributed by atoms with Gasteiger partial charge in [0, 0.05) is 11.4 Å². The smallest absolute Gasteiger partial charge is 0.257 e. The third-order valence-corrected chi connectivity index (χ3v) is 4.01. The largest absolute Gasteiger partial charge is 0.399 e. The summed E-state index contributed by atoms with van der Waals surface area (Å²) >= 11 is 12.0. The van der Waals surface area contributed by atoms with Crippen molar-refractivity contribution in [3.8, 4) is 0 Å². The fourth-order valence-corrected chi connectivity index (χ4v) is 2.76. The van der Waals surface area contributed by atoms with Gasteiger partial charge in [0.15, 0.2) is 0 Å². The fourth-order valence-electron chi connectivity index (χ4n) is 2.33. The summed E-state index contributed by atoms with van der Waals surface area (Å²) in [5.41, 5.74) is 10.3. The number of hydrogen-bond donors (Lipinski definition) is 2. The van der Waals surface area contributed by atoms with Crippen LogP contribution in [0.2, 0.25) is 10.0 Å². The minimum Gasteiger partial charge on any atom is -0.399 e. The molecule has 110 valence electrons. The number of nitrogens with one attached hydrogen (secondary N) is 1. The van der Waals surface area contributed by atoms with Crippen LogP contribution in [0.5, 0.6) is 0 Å². The van der Waals surface area contributed by atoms with E-state index in [1.807, 2.05) is 32.9 Å². The van der Waals surface area contributed by atoms with Crippen molar-refractivity contribution in [3.05, 3.63) is 56.6 Å². The molecule has 0 aliphatic rings. The Kier molecular flexibility index (Phi) is 4.45. The van der Waals surface area contributed by atoms with E-state index in [0.717, 1.165) is 22.4 Å². The Morgan fingerprint density at radius 3 is 2.19 bits per heavy atom. The molecule has 0 heterocycles. The first kappa shape index (κ1) is 15.7. The van der Waals surface area contributed by atoms with Crippen molar-refractivity contribution in [3.63, 3.8) is 0 Å². The van der Waals surface area contributed by atoms with Crippen LogP contribution in [0.1, 0.15) is 27.0 Å². The van der Waals surface area contributed by atoms with Crippen LogP contribution in [0.3, 0.4) is 0 Å². The minimum absolute atomic E-state index is 0.200. The average Bonchev–Trinajstić information content (AvgIpc) is 2.37. The highest BCUT2D eigenvalue weighted by Gasteiger charge is 2.16. The van der Waals surface area contributed by atoms with Crippen molar-refractivity contribution >= 4 is 40.5 Å². The number of anilines is 2. The van der Waals surface area contributed by atoms with Crippen molar-refractivity contribution in [2.45, 2.75) is 20.8 Å². The maximum atomic E-state index is 12.4. The number of carbonyl (C=O) groups excluding carboxylic acids is 1. The average molecular weight is 323 g/mol. The quantitative estimate of drug-likeness (QED) is 0.783. The summed E-state index contributed by atoms with van der Waals surface area (Å²) in [5, 5.41) is 3.34. The summed E-state index contributed by atoms with van der Waals surface area (Å²) < 4.78 is 0. The van der Waals surface area contributed by atoms with Gasteiger partial charge in [0.25, 0.3) is 5.91 Å². The van der Waals surface area contributed by atoms with Gasteiger partial charge in [-0.15, -0.1) is 0 Å². The molecule has 3 N–H and O–H groups in total. The van der Waals surface area contributed by atoms with Crippen LogP contribution in [0.15, 0.2) is 24.3 Å². The number of benzene rings is 2. The molecule has 0 saturated heterocycles. The Hall–Kier alpha value is -1.71. The highest BCUT2D eigenvalue weighted by Crippen LogP contribution is 2.30. The van der Waals surface area contributed by atoms with Gasteiger partial charge in [-0.2, -0.15) is 0 Å². The Morgan fingerprint density at radius 1 is 1.05 bits per heavy atom. The Labute approximate surface area is 134 Å². The normalized spacial score (nSPS) is 10.5. The topological polar surface area (TPSA) is 55.1 Å². The molecule has 0 bridgehead atoms. The van der Waals surface area contributed by atoms with Gasteiger partial charge in [-0.25, -0.2) is 0 Å². The first-order chi connectivity index (χ1) is 9.79. The number of hydrogen-bond acceptors (Lipinski definition) is 2. The van der Waals surface area contributed by atoms with Gasteiger partial charge in [-0.3, -0.25) is 4.79 Å². The molecular formula is C16H16Cl2N2O. The van der Waals surface area contributed by atoms with Gasteiger partial charge >= 0.3 is 0 Å². The molecule has 2 rings (SSSR count). The molecule has 3 nitrogen and oxygen atoms in total. The second-order valence-corrected chi connectivity index (χ2v) is 5.88. The van der Waals surface area contributed by atoms with Crippen molar-refractivity contribution < 1.29 is 4.79 Å². The standard InChI is InChI=1S/C16H16Cl2N2O/c1-8-4-9(2)15(10(3)5-8)20-16(21)12-6-11(19)7-13(17)14(12)18/h4-7H,19H2,1-3H3,(H,20,21). The van der Waals surface area contributed by atoms with Gasteiger partial charge in [0.05, 0.1) is 15.6 Å². The number of rotatable bonds is 2. The van der Waals surface area contributed by atoms with Crippen molar-refractivity contribution in [2.24, 2.45) is 0 Å². The van der Waals surface area contributed by atoms with E-state index < -0.39 is 0 Å². The molecular weight excluding hydrogens is 307 g/mol. The number of aryl methyl sites for hydroxylation is 3. The Morgan fingerprint density at radius 2 is 1.62 bits per heavy atom. The van der Waals surface area contributed by atoms with Gasteiger partial charge < -0.3 is 11.1 Å². The molecule has 0 spiro atoms. The predicted octanol–water partition coefficient (Wildman–Crippen LogP) is 4.75. The summed E-state index contributed by atoms with van der Waals surface area (Å²) in [6.07, 6.45) is 0.